The topological polar surface area (TPSA) is 77.5 Å². The van der Waals surface area contributed by atoms with Crippen molar-refractivity contribution in [2.24, 2.45) is 0 Å². The number of fused-ring (bicyclic) bond motifs is 1. The second-order valence-electron chi connectivity index (χ2n) is 7.87. The lowest BCUT2D eigenvalue weighted by molar-refractivity contribution is 0.0226. The van der Waals surface area contributed by atoms with Crippen LogP contribution in [0.15, 0.2) is 18.2 Å². The van der Waals surface area contributed by atoms with E-state index < -0.39 is 0 Å². The summed E-state index contributed by atoms with van der Waals surface area (Å²) in [5.74, 6) is 2.41. The predicted molar refractivity (Wildman–Crippen MR) is 117 cm³/mol. The molecule has 1 saturated heterocycles. The summed E-state index contributed by atoms with van der Waals surface area (Å²) in [6, 6.07) is 6.26. The third-order valence-electron chi connectivity index (χ3n) is 5.87. The van der Waals surface area contributed by atoms with E-state index in [4.69, 9.17) is 14.2 Å². The molecule has 0 unspecified atom stereocenters. The lowest BCUT2D eigenvalue weighted by Gasteiger charge is -2.27. The number of hydrogen-bond acceptors (Lipinski definition) is 7. The fraction of sp³-hybridized carbons (Fsp3) is 0.565. The number of rotatable bonds is 8. The Balaban J connectivity index is 1.68. The summed E-state index contributed by atoms with van der Waals surface area (Å²) < 4.78 is 16.7. The van der Waals surface area contributed by atoms with Gasteiger partial charge < -0.3 is 24.8 Å². The summed E-state index contributed by atoms with van der Waals surface area (Å²) >= 11 is 0. The highest BCUT2D eigenvalue weighted by Crippen LogP contribution is 2.38. The Labute approximate surface area is 178 Å². The summed E-state index contributed by atoms with van der Waals surface area (Å²) in [6.45, 7) is 4.83. The Hall–Kier alpha value is -2.38. The summed E-state index contributed by atoms with van der Waals surface area (Å²) in [7, 11) is 1.66. The van der Waals surface area contributed by atoms with Gasteiger partial charge in [-0.2, -0.15) is 0 Å². The second-order valence-corrected chi connectivity index (χ2v) is 7.87. The maximum atomic E-state index is 5.92. The Morgan fingerprint density at radius 2 is 2.00 bits per heavy atom. The minimum absolute atomic E-state index is 0.195. The maximum Gasteiger partial charge on any atom is 0.189 e. The molecule has 0 saturated carbocycles. The van der Waals surface area contributed by atoms with E-state index in [-0.39, 0.29) is 6.79 Å². The first-order valence-corrected chi connectivity index (χ1v) is 11.0. The van der Waals surface area contributed by atoms with Crippen LogP contribution in [0.5, 0.6) is 11.5 Å². The number of nitrogens with zero attached hydrogens (tertiary/aromatic N) is 2. The number of aromatic nitrogens is 2. The van der Waals surface area contributed by atoms with Crippen molar-refractivity contribution >= 4 is 5.82 Å². The van der Waals surface area contributed by atoms with Crippen LogP contribution in [-0.2, 0) is 17.6 Å². The third-order valence-corrected chi connectivity index (χ3v) is 5.87. The van der Waals surface area contributed by atoms with Crippen molar-refractivity contribution in [3.8, 4) is 22.8 Å². The zero-order valence-corrected chi connectivity index (χ0v) is 18.0. The lowest BCUT2D eigenvalue weighted by atomic mass is 9.89. The summed E-state index contributed by atoms with van der Waals surface area (Å²) in [6.07, 6.45) is 6.75. The van der Waals surface area contributed by atoms with Crippen molar-refractivity contribution < 1.29 is 14.2 Å². The van der Waals surface area contributed by atoms with Crippen LogP contribution in [0.4, 0.5) is 5.82 Å². The molecule has 0 bridgehead atoms. The van der Waals surface area contributed by atoms with E-state index >= 15 is 0 Å². The van der Waals surface area contributed by atoms with Gasteiger partial charge in [-0.05, 0) is 69.7 Å². The van der Waals surface area contributed by atoms with E-state index in [1.165, 1.54) is 36.8 Å². The third kappa shape index (κ3) is 4.68. The van der Waals surface area contributed by atoms with Gasteiger partial charge in [-0.1, -0.05) is 0 Å². The Bertz CT molecular complexity index is 853. The maximum absolute atomic E-state index is 5.92. The quantitative estimate of drug-likeness (QED) is 0.507. The Morgan fingerprint density at radius 3 is 2.77 bits per heavy atom. The number of hydrogen-bond donors (Lipinski definition) is 2. The van der Waals surface area contributed by atoms with Crippen LogP contribution >= 0.6 is 0 Å². The molecule has 30 heavy (non-hydrogen) atoms. The average Bonchev–Trinajstić information content (AvgIpc) is 2.80. The number of nitrogens with one attached hydrogen (secondary N) is 2. The minimum Gasteiger partial charge on any atom is -0.497 e. The van der Waals surface area contributed by atoms with Gasteiger partial charge >= 0.3 is 0 Å². The highest BCUT2D eigenvalue weighted by atomic mass is 16.7. The zero-order chi connectivity index (χ0) is 20.8. The van der Waals surface area contributed by atoms with Crippen molar-refractivity contribution in [1.82, 2.24) is 15.5 Å². The smallest absolute Gasteiger partial charge is 0.189 e. The molecule has 7 heteroatoms. The molecule has 0 spiro atoms. The normalized spacial score (nSPS) is 18.5. The van der Waals surface area contributed by atoms with E-state index in [1.54, 1.807) is 7.11 Å². The molecule has 1 atom stereocenters. The van der Waals surface area contributed by atoms with Gasteiger partial charge in [0.2, 0.25) is 0 Å². The van der Waals surface area contributed by atoms with Crippen LogP contribution in [0.2, 0.25) is 0 Å². The van der Waals surface area contributed by atoms with Gasteiger partial charge in [0.25, 0.3) is 0 Å². The largest absolute Gasteiger partial charge is 0.497 e. The predicted octanol–water partition coefficient (Wildman–Crippen LogP) is 3.57. The fourth-order valence-electron chi connectivity index (χ4n) is 4.28. The molecule has 1 fully saturated rings. The number of anilines is 1. The van der Waals surface area contributed by atoms with E-state index in [9.17, 15) is 0 Å². The zero-order valence-electron chi connectivity index (χ0n) is 18.0. The molecular weight excluding hydrogens is 380 g/mol. The molecule has 2 heterocycles. The Kier molecular flexibility index (Phi) is 7.02. The van der Waals surface area contributed by atoms with Crippen LogP contribution in [0, 0.1) is 0 Å². The van der Waals surface area contributed by atoms with Gasteiger partial charge in [0.1, 0.15) is 17.2 Å². The first-order valence-electron chi connectivity index (χ1n) is 11.0. The molecule has 2 aliphatic rings. The molecular formula is C23H32N4O3. The van der Waals surface area contributed by atoms with Gasteiger partial charge in [-0.15, -0.1) is 10.2 Å². The van der Waals surface area contributed by atoms with E-state index in [2.05, 4.69) is 20.8 Å². The van der Waals surface area contributed by atoms with Crippen molar-refractivity contribution in [1.29, 1.82) is 0 Å². The van der Waals surface area contributed by atoms with Crippen LogP contribution < -0.4 is 20.1 Å². The van der Waals surface area contributed by atoms with Crippen molar-refractivity contribution in [2.45, 2.75) is 51.5 Å². The van der Waals surface area contributed by atoms with E-state index in [1.807, 2.05) is 25.1 Å². The molecule has 162 valence electrons. The SMILES string of the molecule is CCOCOc1cc(OC)ccc1-c1nnc(N[C@@H]2CCCNC2)c2c1CCCC2. The van der Waals surface area contributed by atoms with E-state index in [0.717, 1.165) is 48.8 Å². The minimum atomic E-state index is 0.195. The number of methoxy groups -OCH3 is 1. The number of benzene rings is 1. The molecule has 1 aliphatic heterocycles. The first-order chi connectivity index (χ1) is 14.8. The summed E-state index contributed by atoms with van der Waals surface area (Å²) in [5.41, 5.74) is 4.44. The van der Waals surface area contributed by atoms with Gasteiger partial charge in [0.15, 0.2) is 12.6 Å². The Morgan fingerprint density at radius 1 is 1.13 bits per heavy atom. The van der Waals surface area contributed by atoms with Crippen molar-refractivity contribution in [2.75, 3.05) is 38.9 Å². The van der Waals surface area contributed by atoms with Gasteiger partial charge in [-0.25, -0.2) is 0 Å². The molecule has 2 aromatic rings. The molecule has 0 amide bonds. The van der Waals surface area contributed by atoms with Crippen LogP contribution in [0.25, 0.3) is 11.3 Å². The first kappa shape index (κ1) is 20.9. The second kappa shape index (κ2) is 10.1. The van der Waals surface area contributed by atoms with E-state index in [0.29, 0.717) is 18.4 Å². The van der Waals surface area contributed by atoms with Crippen molar-refractivity contribution in [3.05, 3.63) is 29.3 Å². The fourth-order valence-corrected chi connectivity index (χ4v) is 4.28. The molecule has 0 radical (unpaired) electrons. The lowest BCUT2D eigenvalue weighted by Crippen LogP contribution is -2.39. The highest BCUT2D eigenvalue weighted by molar-refractivity contribution is 5.74. The van der Waals surface area contributed by atoms with Gasteiger partial charge in [0.05, 0.1) is 7.11 Å². The monoisotopic (exact) mass is 412 g/mol. The summed E-state index contributed by atoms with van der Waals surface area (Å²) in [4.78, 5) is 0. The molecule has 1 aromatic carbocycles. The molecule has 1 aromatic heterocycles. The highest BCUT2D eigenvalue weighted by Gasteiger charge is 2.24. The van der Waals surface area contributed by atoms with Gasteiger partial charge in [-0.3, -0.25) is 0 Å². The molecule has 7 nitrogen and oxygen atoms in total. The standard InChI is InChI=1S/C23H32N4O3/c1-3-29-15-30-21-13-17(28-2)10-11-20(21)22-18-8-4-5-9-19(18)23(27-26-22)25-16-7-6-12-24-14-16/h10-11,13,16,24H,3-9,12,14-15H2,1-2H3,(H,25,27)/t16-/m1/s1. The average molecular weight is 413 g/mol. The summed E-state index contributed by atoms with van der Waals surface area (Å²) in [5, 5.41) is 16.4. The van der Waals surface area contributed by atoms with Crippen LogP contribution in [-0.4, -0.2) is 49.8 Å². The molecule has 2 N–H and O–H groups in total. The van der Waals surface area contributed by atoms with Crippen LogP contribution in [0.3, 0.4) is 0 Å². The van der Waals surface area contributed by atoms with Crippen LogP contribution in [0.1, 0.15) is 43.7 Å². The molecule has 4 rings (SSSR count). The van der Waals surface area contributed by atoms with Crippen molar-refractivity contribution in [3.63, 3.8) is 0 Å². The molecule has 1 aliphatic carbocycles. The van der Waals surface area contributed by atoms with Gasteiger partial charge in [0, 0.05) is 36.4 Å². The number of piperidine rings is 1. The number of ether oxygens (including phenoxy) is 3.